The third-order valence-corrected chi connectivity index (χ3v) is 6.07. The van der Waals surface area contributed by atoms with Gasteiger partial charge in [0.15, 0.2) is 10.9 Å². The molecule has 1 aromatic carbocycles. The van der Waals surface area contributed by atoms with Gasteiger partial charge < -0.3 is 8.98 Å². The fourth-order valence-electron chi connectivity index (χ4n) is 3.42. The molecule has 0 aliphatic rings. The Hall–Kier alpha value is -3.06. The summed E-state index contributed by atoms with van der Waals surface area (Å²) in [6, 6.07) is 12.9. The van der Waals surface area contributed by atoms with Gasteiger partial charge in [-0.2, -0.15) is 0 Å². The molecule has 6 nitrogen and oxygen atoms in total. The highest BCUT2D eigenvalue weighted by atomic mass is 32.2. The van der Waals surface area contributed by atoms with Crippen LogP contribution in [0.5, 0.6) is 0 Å². The SMILES string of the molecule is Cc1cc(C(=O)CSc2nc3ccccc3c(=O)n2C)c(C)n1Cc1ccco1. The third kappa shape index (κ3) is 3.65. The van der Waals surface area contributed by atoms with Crippen LogP contribution in [0.3, 0.4) is 0 Å². The molecule has 29 heavy (non-hydrogen) atoms. The standard InChI is InChI=1S/C22H21N3O3S/c1-14-11-18(15(2)25(14)12-16-7-6-10-28-16)20(26)13-29-22-23-19-9-5-4-8-17(19)21(27)24(22)3/h4-11H,12-13H2,1-3H3. The van der Waals surface area contributed by atoms with Gasteiger partial charge in [-0.3, -0.25) is 14.2 Å². The molecule has 3 heterocycles. The van der Waals surface area contributed by atoms with Gasteiger partial charge in [0, 0.05) is 24.0 Å². The predicted molar refractivity (Wildman–Crippen MR) is 114 cm³/mol. The maximum atomic E-state index is 12.9. The molecule has 0 saturated carbocycles. The molecule has 7 heteroatoms. The lowest BCUT2D eigenvalue weighted by molar-refractivity contribution is 0.102. The first kappa shape index (κ1) is 19.3. The number of rotatable bonds is 6. The molecule has 0 spiro atoms. The summed E-state index contributed by atoms with van der Waals surface area (Å²) in [7, 11) is 1.68. The van der Waals surface area contributed by atoms with Crippen molar-refractivity contribution in [3.63, 3.8) is 0 Å². The zero-order valence-corrected chi connectivity index (χ0v) is 17.3. The van der Waals surface area contributed by atoms with E-state index in [2.05, 4.69) is 9.55 Å². The molecule has 4 aromatic rings. The van der Waals surface area contributed by atoms with Crippen molar-refractivity contribution in [2.75, 3.05) is 5.75 Å². The van der Waals surface area contributed by atoms with E-state index in [9.17, 15) is 9.59 Å². The number of aromatic nitrogens is 3. The largest absolute Gasteiger partial charge is 0.467 e. The number of para-hydroxylation sites is 1. The maximum absolute atomic E-state index is 12.9. The van der Waals surface area contributed by atoms with Crippen LogP contribution in [0.1, 0.15) is 27.5 Å². The topological polar surface area (TPSA) is 70.0 Å². The fourth-order valence-corrected chi connectivity index (χ4v) is 4.27. The van der Waals surface area contributed by atoms with Crippen LogP contribution < -0.4 is 5.56 Å². The number of carbonyl (C=O) groups excluding carboxylic acids is 1. The molecule has 0 unspecified atom stereocenters. The summed E-state index contributed by atoms with van der Waals surface area (Å²) in [5.74, 6) is 1.07. The monoisotopic (exact) mass is 407 g/mol. The van der Waals surface area contributed by atoms with Crippen molar-refractivity contribution < 1.29 is 9.21 Å². The van der Waals surface area contributed by atoms with Crippen molar-refractivity contribution in [2.24, 2.45) is 7.05 Å². The predicted octanol–water partition coefficient (Wildman–Crippen LogP) is 3.97. The molecule has 0 fully saturated rings. The van der Waals surface area contributed by atoms with Gasteiger partial charge in [0.1, 0.15) is 5.76 Å². The zero-order chi connectivity index (χ0) is 20.5. The first-order valence-electron chi connectivity index (χ1n) is 9.26. The van der Waals surface area contributed by atoms with Crippen LogP contribution in [0, 0.1) is 13.8 Å². The van der Waals surface area contributed by atoms with E-state index in [1.807, 2.05) is 50.2 Å². The lowest BCUT2D eigenvalue weighted by Crippen LogP contribution is -2.20. The van der Waals surface area contributed by atoms with Gasteiger partial charge in [-0.1, -0.05) is 23.9 Å². The number of ketones is 1. The first-order valence-corrected chi connectivity index (χ1v) is 10.2. The number of furan rings is 1. The van der Waals surface area contributed by atoms with E-state index in [1.165, 1.54) is 16.3 Å². The van der Waals surface area contributed by atoms with E-state index < -0.39 is 0 Å². The van der Waals surface area contributed by atoms with Crippen LogP contribution >= 0.6 is 11.8 Å². The second-order valence-electron chi connectivity index (χ2n) is 6.94. The highest BCUT2D eigenvalue weighted by Gasteiger charge is 2.18. The summed E-state index contributed by atoms with van der Waals surface area (Å²) in [6.45, 7) is 4.51. The highest BCUT2D eigenvalue weighted by molar-refractivity contribution is 7.99. The lowest BCUT2D eigenvalue weighted by Gasteiger charge is -2.09. The molecule has 0 radical (unpaired) electrons. The summed E-state index contributed by atoms with van der Waals surface area (Å²) in [4.78, 5) is 30.0. The molecule has 0 saturated heterocycles. The minimum atomic E-state index is -0.109. The molecular weight excluding hydrogens is 386 g/mol. The van der Waals surface area contributed by atoms with Gasteiger partial charge in [0.05, 0.1) is 29.5 Å². The Morgan fingerprint density at radius 3 is 2.72 bits per heavy atom. The number of benzene rings is 1. The van der Waals surface area contributed by atoms with Crippen molar-refractivity contribution in [1.82, 2.24) is 14.1 Å². The number of carbonyl (C=O) groups is 1. The maximum Gasteiger partial charge on any atom is 0.261 e. The average Bonchev–Trinajstić information content (AvgIpc) is 3.33. The number of hydrogen-bond acceptors (Lipinski definition) is 5. The number of fused-ring (bicyclic) bond motifs is 1. The quantitative estimate of drug-likeness (QED) is 0.275. The number of aryl methyl sites for hydroxylation is 1. The normalized spacial score (nSPS) is 11.3. The molecule has 148 valence electrons. The molecule has 0 amide bonds. The Kier molecular flexibility index (Phi) is 5.15. The Morgan fingerprint density at radius 1 is 1.17 bits per heavy atom. The Balaban J connectivity index is 1.56. The number of hydrogen-bond donors (Lipinski definition) is 0. The smallest absolute Gasteiger partial charge is 0.261 e. The van der Waals surface area contributed by atoms with Gasteiger partial charge in [0.25, 0.3) is 5.56 Å². The van der Waals surface area contributed by atoms with Gasteiger partial charge in [-0.25, -0.2) is 4.98 Å². The van der Waals surface area contributed by atoms with Crippen molar-refractivity contribution in [3.05, 3.63) is 81.8 Å². The van der Waals surface area contributed by atoms with Gasteiger partial charge in [0.2, 0.25) is 0 Å². The second-order valence-corrected chi connectivity index (χ2v) is 7.88. The first-order chi connectivity index (χ1) is 14.0. The minimum Gasteiger partial charge on any atom is -0.467 e. The zero-order valence-electron chi connectivity index (χ0n) is 16.5. The Labute approximate surface area is 172 Å². The molecular formula is C22H21N3O3S. The van der Waals surface area contributed by atoms with Crippen LogP contribution in [-0.2, 0) is 13.6 Å². The average molecular weight is 407 g/mol. The van der Waals surface area contributed by atoms with Gasteiger partial charge in [-0.15, -0.1) is 0 Å². The van der Waals surface area contributed by atoms with Crippen molar-refractivity contribution in [2.45, 2.75) is 25.5 Å². The molecule has 0 aliphatic heterocycles. The van der Waals surface area contributed by atoms with Gasteiger partial charge >= 0.3 is 0 Å². The summed E-state index contributed by atoms with van der Waals surface area (Å²) in [5, 5.41) is 1.11. The number of nitrogens with zero attached hydrogens (tertiary/aromatic N) is 3. The van der Waals surface area contributed by atoms with E-state index in [1.54, 1.807) is 19.4 Å². The Morgan fingerprint density at radius 2 is 1.97 bits per heavy atom. The lowest BCUT2D eigenvalue weighted by atomic mass is 10.2. The summed E-state index contributed by atoms with van der Waals surface area (Å²) < 4.78 is 9.00. The van der Waals surface area contributed by atoms with Crippen LogP contribution in [0.25, 0.3) is 10.9 Å². The summed E-state index contributed by atoms with van der Waals surface area (Å²) >= 11 is 1.28. The van der Waals surface area contributed by atoms with Crippen LogP contribution in [0.15, 0.2) is 63.1 Å². The Bertz CT molecular complexity index is 1250. The number of Topliss-reactive ketones (excluding diaryl/α,β-unsaturated/α-hetero) is 1. The molecule has 0 bridgehead atoms. The van der Waals surface area contributed by atoms with Crippen LogP contribution in [-0.4, -0.2) is 25.7 Å². The minimum absolute atomic E-state index is 0.0104. The van der Waals surface area contributed by atoms with E-state index in [-0.39, 0.29) is 17.1 Å². The number of thioether (sulfide) groups is 1. The van der Waals surface area contributed by atoms with Gasteiger partial charge in [-0.05, 0) is 44.2 Å². The van der Waals surface area contributed by atoms with E-state index in [4.69, 9.17) is 4.42 Å². The third-order valence-electron chi connectivity index (χ3n) is 5.04. The van der Waals surface area contributed by atoms with E-state index in [0.717, 1.165) is 17.1 Å². The molecule has 0 N–H and O–H groups in total. The van der Waals surface area contributed by atoms with E-state index >= 15 is 0 Å². The summed E-state index contributed by atoms with van der Waals surface area (Å²) in [6.07, 6.45) is 1.65. The fraction of sp³-hybridized carbons (Fsp3) is 0.227. The van der Waals surface area contributed by atoms with Crippen LogP contribution in [0.4, 0.5) is 0 Å². The van der Waals surface area contributed by atoms with Crippen molar-refractivity contribution in [1.29, 1.82) is 0 Å². The summed E-state index contributed by atoms with van der Waals surface area (Å²) in [5.41, 5.74) is 3.13. The van der Waals surface area contributed by atoms with Crippen molar-refractivity contribution in [3.8, 4) is 0 Å². The van der Waals surface area contributed by atoms with E-state index in [0.29, 0.717) is 28.2 Å². The molecule has 4 rings (SSSR count). The molecule has 0 aliphatic carbocycles. The van der Waals surface area contributed by atoms with Crippen LogP contribution in [0.2, 0.25) is 0 Å². The molecule has 0 atom stereocenters. The molecule has 3 aromatic heterocycles. The van der Waals surface area contributed by atoms with Crippen molar-refractivity contribution >= 4 is 28.4 Å². The highest BCUT2D eigenvalue weighted by Crippen LogP contribution is 2.22. The second kappa shape index (κ2) is 7.75.